The van der Waals surface area contributed by atoms with E-state index in [4.69, 9.17) is 4.74 Å². The van der Waals surface area contributed by atoms with Crippen molar-refractivity contribution in [3.63, 3.8) is 0 Å². The molecular weight excluding hydrogens is 476 g/mol. The number of amides is 2. The molecule has 3 aromatic rings. The van der Waals surface area contributed by atoms with Gasteiger partial charge < -0.3 is 15.0 Å². The van der Waals surface area contributed by atoms with Crippen LogP contribution in [0.5, 0.6) is 5.75 Å². The molecule has 0 radical (unpaired) electrons. The summed E-state index contributed by atoms with van der Waals surface area (Å²) in [7, 11) is -3.32. The summed E-state index contributed by atoms with van der Waals surface area (Å²) in [6.07, 6.45) is 2.81. The van der Waals surface area contributed by atoms with Gasteiger partial charge in [-0.05, 0) is 60.2 Å². The summed E-state index contributed by atoms with van der Waals surface area (Å²) in [5.41, 5.74) is 3.14. The Morgan fingerprint density at radius 3 is 2.42 bits per heavy atom. The van der Waals surface area contributed by atoms with Crippen molar-refractivity contribution in [3.05, 3.63) is 89.5 Å². The number of fused-ring (bicyclic) bond motifs is 1. The van der Waals surface area contributed by atoms with E-state index in [9.17, 15) is 18.0 Å². The van der Waals surface area contributed by atoms with E-state index in [-0.39, 0.29) is 30.3 Å². The highest BCUT2D eigenvalue weighted by Crippen LogP contribution is 2.39. The molecule has 1 saturated heterocycles. The number of carbonyl (C=O) groups is 2. The van der Waals surface area contributed by atoms with E-state index in [0.717, 1.165) is 24.0 Å². The van der Waals surface area contributed by atoms with Gasteiger partial charge in [-0.1, -0.05) is 42.5 Å². The minimum atomic E-state index is -3.32. The first-order valence-corrected chi connectivity index (χ1v) is 13.9. The second kappa shape index (κ2) is 9.78. The van der Waals surface area contributed by atoms with Crippen LogP contribution in [-0.4, -0.2) is 51.1 Å². The monoisotopic (exact) mass is 504 g/mol. The number of benzene rings is 3. The summed E-state index contributed by atoms with van der Waals surface area (Å²) in [5, 5.41) is 2.75. The Balaban J connectivity index is 1.36. The van der Waals surface area contributed by atoms with E-state index in [1.165, 1.54) is 6.26 Å². The largest absolute Gasteiger partial charge is 0.482 e. The first-order chi connectivity index (χ1) is 17.3. The Bertz CT molecular complexity index is 1400. The zero-order valence-corrected chi connectivity index (χ0v) is 20.8. The summed E-state index contributed by atoms with van der Waals surface area (Å²) in [4.78, 5) is 27.1. The number of nitrogens with zero attached hydrogens (tertiary/aromatic N) is 1. The molecule has 186 valence electrons. The van der Waals surface area contributed by atoms with Crippen molar-refractivity contribution < 1.29 is 22.7 Å². The van der Waals surface area contributed by atoms with E-state index in [0.29, 0.717) is 35.0 Å². The molecule has 2 aliphatic heterocycles. The van der Waals surface area contributed by atoms with Gasteiger partial charge in [0.25, 0.3) is 11.8 Å². The number of hydrogen-bond acceptors (Lipinski definition) is 5. The minimum Gasteiger partial charge on any atom is -0.482 e. The molecule has 2 amide bonds. The van der Waals surface area contributed by atoms with Gasteiger partial charge in [-0.15, -0.1) is 0 Å². The van der Waals surface area contributed by atoms with E-state index >= 15 is 0 Å². The average Bonchev–Trinajstić information content (AvgIpc) is 2.89. The third-order valence-corrected chi connectivity index (χ3v) is 8.07. The van der Waals surface area contributed by atoms with Crippen LogP contribution < -0.4 is 10.1 Å². The van der Waals surface area contributed by atoms with Crippen LogP contribution in [-0.2, 0) is 14.6 Å². The lowest BCUT2D eigenvalue weighted by molar-refractivity contribution is -0.118. The van der Waals surface area contributed by atoms with Gasteiger partial charge in [-0.2, -0.15) is 0 Å². The predicted molar refractivity (Wildman–Crippen MR) is 137 cm³/mol. The van der Waals surface area contributed by atoms with Gasteiger partial charge in [0, 0.05) is 30.8 Å². The van der Waals surface area contributed by atoms with Crippen LogP contribution in [0.2, 0.25) is 0 Å². The number of sulfone groups is 1. The van der Waals surface area contributed by atoms with E-state index in [1.807, 2.05) is 29.2 Å². The van der Waals surface area contributed by atoms with Gasteiger partial charge in [0.1, 0.15) is 5.75 Å². The molecule has 1 N–H and O–H groups in total. The van der Waals surface area contributed by atoms with Gasteiger partial charge >= 0.3 is 0 Å². The van der Waals surface area contributed by atoms with Crippen molar-refractivity contribution in [1.82, 2.24) is 4.90 Å². The molecule has 7 nitrogen and oxygen atoms in total. The molecule has 2 heterocycles. The van der Waals surface area contributed by atoms with Crippen LogP contribution in [0.1, 0.15) is 40.2 Å². The van der Waals surface area contributed by atoms with Crippen molar-refractivity contribution in [2.75, 3.05) is 31.3 Å². The number of anilines is 1. The van der Waals surface area contributed by atoms with Gasteiger partial charge in [-0.25, -0.2) is 8.42 Å². The Hall–Kier alpha value is -3.65. The highest BCUT2D eigenvalue weighted by Gasteiger charge is 2.31. The number of rotatable bonds is 5. The van der Waals surface area contributed by atoms with Crippen LogP contribution in [0.4, 0.5) is 5.69 Å². The molecule has 0 saturated carbocycles. The lowest BCUT2D eigenvalue weighted by atomic mass is 9.76. The standard InChI is InChI=1S/C28H28N2O5S/c1-36(33,34)23-9-5-8-21(16-23)27(19-6-3-2-4-7-19)20-12-14-30(15-13-20)28(32)22-10-11-25-24(17-22)29-26(31)18-35-25/h2-11,16-17,20,27H,12-15,18H2,1H3,(H,29,31)/t27-/m1/s1. The smallest absolute Gasteiger partial charge is 0.262 e. The van der Waals surface area contributed by atoms with Crippen LogP contribution in [0.25, 0.3) is 0 Å². The summed E-state index contributed by atoms with van der Waals surface area (Å²) in [6, 6.07) is 22.5. The average molecular weight is 505 g/mol. The molecule has 8 heteroatoms. The summed E-state index contributed by atoms with van der Waals surface area (Å²) >= 11 is 0. The normalized spacial score (nSPS) is 17.0. The molecule has 3 aromatic carbocycles. The summed E-state index contributed by atoms with van der Waals surface area (Å²) in [6.45, 7) is 1.17. The summed E-state index contributed by atoms with van der Waals surface area (Å²) in [5.74, 6) is 0.529. The third-order valence-electron chi connectivity index (χ3n) is 6.96. The lowest BCUT2D eigenvalue weighted by Gasteiger charge is -2.37. The molecule has 1 atom stereocenters. The third kappa shape index (κ3) is 4.99. The van der Waals surface area contributed by atoms with Crippen molar-refractivity contribution in [3.8, 4) is 5.75 Å². The number of hydrogen-bond donors (Lipinski definition) is 1. The maximum Gasteiger partial charge on any atom is 0.262 e. The number of likely N-dealkylation sites (tertiary alicyclic amines) is 1. The maximum atomic E-state index is 13.2. The molecule has 0 unspecified atom stereocenters. The Kier molecular flexibility index (Phi) is 6.53. The van der Waals surface area contributed by atoms with E-state index in [1.54, 1.807) is 36.4 Å². The summed E-state index contributed by atoms with van der Waals surface area (Å²) < 4.78 is 29.8. The van der Waals surface area contributed by atoms with Crippen LogP contribution in [0.15, 0.2) is 77.7 Å². The highest BCUT2D eigenvalue weighted by atomic mass is 32.2. The van der Waals surface area contributed by atoms with Gasteiger partial charge in [0.05, 0.1) is 10.6 Å². The van der Waals surface area contributed by atoms with Crippen LogP contribution >= 0.6 is 0 Å². The fourth-order valence-electron chi connectivity index (χ4n) is 5.17. The molecule has 0 spiro atoms. The Morgan fingerprint density at radius 2 is 1.69 bits per heavy atom. The van der Waals surface area contributed by atoms with E-state index in [2.05, 4.69) is 17.4 Å². The van der Waals surface area contributed by atoms with Crippen molar-refractivity contribution in [1.29, 1.82) is 0 Å². The molecule has 1 fully saturated rings. The van der Waals surface area contributed by atoms with Crippen LogP contribution in [0.3, 0.4) is 0 Å². The van der Waals surface area contributed by atoms with Crippen molar-refractivity contribution in [2.45, 2.75) is 23.7 Å². The molecular formula is C28H28N2O5S. The van der Waals surface area contributed by atoms with E-state index < -0.39 is 9.84 Å². The van der Waals surface area contributed by atoms with Crippen LogP contribution in [0, 0.1) is 5.92 Å². The molecule has 2 aliphatic rings. The molecule has 36 heavy (non-hydrogen) atoms. The number of nitrogens with one attached hydrogen (secondary N) is 1. The topological polar surface area (TPSA) is 92.8 Å². The van der Waals surface area contributed by atoms with Gasteiger partial charge in [0.15, 0.2) is 16.4 Å². The Morgan fingerprint density at radius 1 is 0.972 bits per heavy atom. The zero-order chi connectivity index (χ0) is 25.3. The first kappa shape index (κ1) is 24.1. The minimum absolute atomic E-state index is 0.0243. The highest BCUT2D eigenvalue weighted by molar-refractivity contribution is 7.90. The molecule has 5 rings (SSSR count). The maximum absolute atomic E-state index is 13.2. The number of carbonyl (C=O) groups excluding carboxylic acids is 2. The second-order valence-electron chi connectivity index (χ2n) is 9.41. The quantitative estimate of drug-likeness (QED) is 0.565. The number of piperidine rings is 1. The Labute approximate surface area is 211 Å². The molecule has 0 aromatic heterocycles. The first-order valence-electron chi connectivity index (χ1n) is 12.0. The zero-order valence-electron chi connectivity index (χ0n) is 20.0. The fraction of sp³-hybridized carbons (Fsp3) is 0.286. The second-order valence-corrected chi connectivity index (χ2v) is 11.4. The molecule has 0 aliphatic carbocycles. The lowest BCUT2D eigenvalue weighted by Crippen LogP contribution is -2.40. The fourth-order valence-corrected chi connectivity index (χ4v) is 5.85. The van der Waals surface area contributed by atoms with Gasteiger partial charge in [0.2, 0.25) is 0 Å². The number of ether oxygens (including phenoxy) is 1. The molecule has 0 bridgehead atoms. The van der Waals surface area contributed by atoms with Crippen molar-refractivity contribution >= 4 is 27.3 Å². The predicted octanol–water partition coefficient (Wildman–Crippen LogP) is 4.11. The van der Waals surface area contributed by atoms with Crippen molar-refractivity contribution in [2.24, 2.45) is 5.92 Å². The SMILES string of the molecule is CS(=O)(=O)c1cccc([C@H](c2ccccc2)C2CCN(C(=O)c3ccc4c(c3)NC(=O)CO4)CC2)c1. The van der Waals surface area contributed by atoms with Gasteiger partial charge in [-0.3, -0.25) is 9.59 Å².